The zero-order valence-corrected chi connectivity index (χ0v) is 17.7. The van der Waals surface area contributed by atoms with Gasteiger partial charge in [-0.15, -0.1) is 24.0 Å². The Labute approximate surface area is 161 Å². The van der Waals surface area contributed by atoms with Gasteiger partial charge in [-0.1, -0.05) is 12.1 Å². The van der Waals surface area contributed by atoms with Gasteiger partial charge in [-0.25, -0.2) is 12.8 Å². The van der Waals surface area contributed by atoms with Crippen molar-refractivity contribution in [1.29, 1.82) is 0 Å². The molecule has 0 saturated carbocycles. The van der Waals surface area contributed by atoms with E-state index in [9.17, 15) is 12.8 Å². The maximum absolute atomic E-state index is 13.1. The third-order valence-corrected chi connectivity index (χ3v) is 5.70. The summed E-state index contributed by atoms with van der Waals surface area (Å²) in [6.45, 7) is 6.66. The van der Waals surface area contributed by atoms with Gasteiger partial charge in [0.05, 0.1) is 11.3 Å². The minimum absolute atomic E-state index is 0. The molecule has 0 aliphatic carbocycles. The third-order valence-electron chi connectivity index (χ3n) is 3.56. The van der Waals surface area contributed by atoms with Crippen LogP contribution in [0.2, 0.25) is 0 Å². The van der Waals surface area contributed by atoms with Crippen LogP contribution in [0.3, 0.4) is 0 Å². The van der Waals surface area contributed by atoms with Crippen LogP contribution in [0.5, 0.6) is 0 Å². The highest BCUT2D eigenvalue weighted by Crippen LogP contribution is 2.15. The summed E-state index contributed by atoms with van der Waals surface area (Å²) in [6.07, 6.45) is 1.87. The zero-order chi connectivity index (χ0) is 17.5. The predicted molar refractivity (Wildman–Crippen MR) is 108 cm³/mol. The van der Waals surface area contributed by atoms with Gasteiger partial charge in [0.25, 0.3) is 0 Å². The normalized spacial score (nSPS) is 12.5. The quantitative estimate of drug-likeness (QED) is 0.364. The molecule has 1 aromatic carbocycles. The van der Waals surface area contributed by atoms with Crippen molar-refractivity contribution in [2.75, 3.05) is 25.9 Å². The monoisotopic (exact) mass is 471 g/mol. The van der Waals surface area contributed by atoms with E-state index in [0.717, 1.165) is 5.56 Å². The minimum Gasteiger partial charge on any atom is -0.357 e. The van der Waals surface area contributed by atoms with E-state index >= 15 is 0 Å². The van der Waals surface area contributed by atoms with Gasteiger partial charge in [-0.2, -0.15) is 0 Å². The minimum atomic E-state index is -3.19. The van der Waals surface area contributed by atoms with E-state index in [0.29, 0.717) is 25.5 Å². The Hall–Kier alpha value is -0.900. The number of hydrogen-bond acceptors (Lipinski definition) is 3. The van der Waals surface area contributed by atoms with Crippen LogP contribution in [-0.4, -0.2) is 45.0 Å². The van der Waals surface area contributed by atoms with Gasteiger partial charge in [0.1, 0.15) is 5.82 Å². The van der Waals surface area contributed by atoms with Crippen molar-refractivity contribution in [3.05, 3.63) is 35.6 Å². The van der Waals surface area contributed by atoms with E-state index in [2.05, 4.69) is 15.6 Å². The maximum Gasteiger partial charge on any atom is 0.191 e. The Balaban J connectivity index is 0.00000529. The Morgan fingerprint density at radius 1 is 1.29 bits per heavy atom. The highest BCUT2D eigenvalue weighted by Gasteiger charge is 2.29. The van der Waals surface area contributed by atoms with E-state index in [1.54, 1.807) is 19.9 Å². The predicted octanol–water partition coefficient (Wildman–Crippen LogP) is 2.36. The van der Waals surface area contributed by atoms with Crippen LogP contribution < -0.4 is 10.6 Å². The lowest BCUT2D eigenvalue weighted by atomic mass is 10.1. The summed E-state index contributed by atoms with van der Waals surface area (Å²) in [7, 11) is -3.19. The van der Waals surface area contributed by atoms with Gasteiger partial charge in [0.15, 0.2) is 15.8 Å². The number of aliphatic imine (C=N–C) groups is 1. The summed E-state index contributed by atoms with van der Waals surface area (Å²) in [6, 6.07) is 6.45. The molecule has 0 aliphatic rings. The number of nitrogens with zero attached hydrogens (tertiary/aromatic N) is 1. The molecule has 2 N–H and O–H groups in total. The van der Waals surface area contributed by atoms with E-state index in [-0.39, 0.29) is 36.3 Å². The smallest absolute Gasteiger partial charge is 0.191 e. The van der Waals surface area contributed by atoms with Crippen LogP contribution in [0.1, 0.15) is 26.3 Å². The molecule has 0 radical (unpaired) electrons. The lowest BCUT2D eigenvalue weighted by Crippen LogP contribution is -2.41. The summed E-state index contributed by atoms with van der Waals surface area (Å²) in [4.78, 5) is 4.34. The van der Waals surface area contributed by atoms with Crippen molar-refractivity contribution in [3.8, 4) is 0 Å². The van der Waals surface area contributed by atoms with Gasteiger partial charge >= 0.3 is 0 Å². The molecule has 0 aromatic heterocycles. The second-order valence-electron chi connectivity index (χ2n) is 6.03. The first-order valence-electron chi connectivity index (χ1n) is 7.62. The van der Waals surface area contributed by atoms with Crippen molar-refractivity contribution in [2.24, 2.45) is 4.99 Å². The standard InChI is InChI=1S/C16H26FN3O2S.HI/c1-5-18-15(20-12-16(2,3)23(4,21)22)19-10-9-13-7-6-8-14(17)11-13;/h6-8,11H,5,9-10,12H2,1-4H3,(H2,18,19,20);1H. The molecule has 8 heteroatoms. The molecule has 1 rings (SSSR count). The first-order chi connectivity index (χ1) is 10.7. The Bertz CT molecular complexity index is 648. The SMILES string of the molecule is CCNC(=NCC(C)(C)S(C)(=O)=O)NCCc1cccc(F)c1.I. The molecule has 0 atom stereocenters. The molecule has 0 heterocycles. The van der Waals surface area contributed by atoms with E-state index in [4.69, 9.17) is 0 Å². The fourth-order valence-corrected chi connectivity index (χ4v) is 2.05. The molecule has 5 nitrogen and oxygen atoms in total. The van der Waals surface area contributed by atoms with Crippen molar-refractivity contribution >= 4 is 39.8 Å². The highest BCUT2D eigenvalue weighted by atomic mass is 127. The van der Waals surface area contributed by atoms with Gasteiger partial charge < -0.3 is 10.6 Å². The average molecular weight is 471 g/mol. The van der Waals surface area contributed by atoms with Crippen molar-refractivity contribution in [2.45, 2.75) is 31.9 Å². The van der Waals surface area contributed by atoms with Gasteiger partial charge in [0, 0.05) is 19.3 Å². The lowest BCUT2D eigenvalue weighted by molar-refractivity contribution is 0.554. The van der Waals surface area contributed by atoms with Crippen LogP contribution >= 0.6 is 24.0 Å². The Kier molecular flexibility index (Phi) is 9.79. The summed E-state index contributed by atoms with van der Waals surface area (Å²) in [5.41, 5.74) is 0.893. The van der Waals surface area contributed by atoms with Crippen LogP contribution in [0.4, 0.5) is 4.39 Å². The van der Waals surface area contributed by atoms with Crippen LogP contribution in [0.15, 0.2) is 29.3 Å². The van der Waals surface area contributed by atoms with Gasteiger partial charge in [0.2, 0.25) is 0 Å². The van der Waals surface area contributed by atoms with Crippen LogP contribution in [0.25, 0.3) is 0 Å². The van der Waals surface area contributed by atoms with Crippen molar-refractivity contribution in [1.82, 2.24) is 10.6 Å². The van der Waals surface area contributed by atoms with Gasteiger partial charge in [-0.3, -0.25) is 4.99 Å². The molecular weight excluding hydrogens is 444 g/mol. The lowest BCUT2D eigenvalue weighted by Gasteiger charge is -2.21. The third kappa shape index (κ3) is 7.78. The average Bonchev–Trinajstić information content (AvgIpc) is 2.43. The number of sulfone groups is 1. The fourth-order valence-electron chi connectivity index (χ4n) is 1.75. The number of halogens is 2. The molecular formula is C16H27FIN3O2S. The second kappa shape index (κ2) is 10.2. The molecule has 0 saturated heterocycles. The molecule has 0 amide bonds. The van der Waals surface area contributed by atoms with E-state index in [1.807, 2.05) is 13.0 Å². The Morgan fingerprint density at radius 3 is 2.50 bits per heavy atom. The summed E-state index contributed by atoms with van der Waals surface area (Å²) in [5.74, 6) is 0.304. The van der Waals surface area contributed by atoms with Crippen molar-refractivity contribution in [3.63, 3.8) is 0 Å². The van der Waals surface area contributed by atoms with Crippen molar-refractivity contribution < 1.29 is 12.8 Å². The maximum atomic E-state index is 13.1. The second-order valence-corrected chi connectivity index (χ2v) is 8.68. The molecule has 0 spiro atoms. The molecule has 0 unspecified atom stereocenters. The molecule has 24 heavy (non-hydrogen) atoms. The topological polar surface area (TPSA) is 70.6 Å². The van der Waals surface area contributed by atoms with Crippen LogP contribution in [-0.2, 0) is 16.3 Å². The number of hydrogen-bond donors (Lipinski definition) is 2. The van der Waals surface area contributed by atoms with E-state index < -0.39 is 14.6 Å². The van der Waals surface area contributed by atoms with Gasteiger partial charge in [-0.05, 0) is 44.9 Å². The summed E-state index contributed by atoms with van der Waals surface area (Å²) < 4.78 is 35.6. The molecule has 138 valence electrons. The molecule has 0 aliphatic heterocycles. The zero-order valence-electron chi connectivity index (χ0n) is 14.6. The first-order valence-corrected chi connectivity index (χ1v) is 9.51. The molecule has 1 aromatic rings. The number of nitrogens with one attached hydrogen (secondary N) is 2. The number of guanidine groups is 1. The first kappa shape index (κ1) is 23.1. The Morgan fingerprint density at radius 2 is 1.96 bits per heavy atom. The largest absolute Gasteiger partial charge is 0.357 e. The highest BCUT2D eigenvalue weighted by molar-refractivity contribution is 14.0. The number of benzene rings is 1. The number of rotatable bonds is 7. The van der Waals surface area contributed by atoms with Crippen LogP contribution in [0, 0.1) is 5.82 Å². The summed E-state index contributed by atoms with van der Waals surface area (Å²) >= 11 is 0. The fraction of sp³-hybridized carbons (Fsp3) is 0.562. The summed E-state index contributed by atoms with van der Waals surface area (Å²) in [5, 5.41) is 6.21. The van der Waals surface area contributed by atoms with E-state index in [1.165, 1.54) is 18.4 Å². The molecule has 0 fully saturated rings. The molecule has 0 bridgehead atoms.